The number of fused-ring (bicyclic) bond motifs is 1. The topological polar surface area (TPSA) is 98.2 Å². The first-order chi connectivity index (χ1) is 13.7. The number of carbonyl (C=O) groups excluding carboxylic acids is 1. The van der Waals surface area contributed by atoms with Crippen LogP contribution in [0, 0.1) is 5.92 Å². The van der Waals surface area contributed by atoms with Gasteiger partial charge in [-0.3, -0.25) is 9.78 Å². The van der Waals surface area contributed by atoms with E-state index in [-0.39, 0.29) is 18.4 Å². The van der Waals surface area contributed by atoms with Crippen LogP contribution in [0.1, 0.15) is 28.7 Å². The zero-order valence-electron chi connectivity index (χ0n) is 15.5. The first-order valence-corrected chi connectivity index (χ1v) is 9.63. The molecule has 1 atom stereocenters. The molecule has 8 nitrogen and oxygen atoms in total. The number of anilines is 1. The number of benzene rings is 1. The van der Waals surface area contributed by atoms with Gasteiger partial charge in [-0.25, -0.2) is 9.97 Å². The van der Waals surface area contributed by atoms with Gasteiger partial charge in [-0.1, -0.05) is 12.1 Å². The summed E-state index contributed by atoms with van der Waals surface area (Å²) in [6.45, 7) is 3.11. The predicted molar refractivity (Wildman–Crippen MR) is 104 cm³/mol. The SMILES string of the molecule is O=C(c1nc2ccccc2[nH]1)N1CC(c2nccnc2N2CC[C@@H](CO)C2)C1. The number of nitrogens with zero attached hydrogens (tertiary/aromatic N) is 5. The van der Waals surface area contributed by atoms with Crippen molar-refractivity contribution in [3.05, 3.63) is 48.2 Å². The molecule has 1 aromatic carbocycles. The van der Waals surface area contributed by atoms with E-state index in [1.165, 1.54) is 0 Å². The standard InChI is InChI=1S/C20H22N6O2/c27-12-13-5-8-25(9-13)19-17(21-6-7-22-19)14-10-26(11-14)20(28)18-23-15-3-1-2-4-16(15)24-18/h1-4,6-7,13-14,27H,5,8-12H2,(H,23,24)/t13-/m1/s1. The number of rotatable bonds is 4. The molecule has 8 heteroatoms. The van der Waals surface area contributed by atoms with Crippen LogP contribution in [0.2, 0.25) is 0 Å². The Morgan fingerprint density at radius 3 is 2.79 bits per heavy atom. The molecule has 0 saturated carbocycles. The van der Waals surface area contributed by atoms with Gasteiger partial charge in [0.25, 0.3) is 5.91 Å². The van der Waals surface area contributed by atoms with Crippen LogP contribution >= 0.6 is 0 Å². The van der Waals surface area contributed by atoms with E-state index in [2.05, 4.69) is 24.8 Å². The summed E-state index contributed by atoms with van der Waals surface area (Å²) in [5.41, 5.74) is 2.60. The van der Waals surface area contributed by atoms with E-state index in [4.69, 9.17) is 0 Å². The number of aromatic amines is 1. The molecule has 2 saturated heterocycles. The molecule has 1 amide bonds. The summed E-state index contributed by atoms with van der Waals surface area (Å²) >= 11 is 0. The Labute approximate surface area is 162 Å². The van der Waals surface area contributed by atoms with E-state index in [0.717, 1.165) is 42.1 Å². The van der Waals surface area contributed by atoms with Crippen LogP contribution in [-0.4, -0.2) is 68.6 Å². The smallest absolute Gasteiger partial charge is 0.289 e. The minimum Gasteiger partial charge on any atom is -0.396 e. The van der Waals surface area contributed by atoms with E-state index in [1.807, 2.05) is 24.3 Å². The molecular formula is C20H22N6O2. The molecule has 2 N–H and O–H groups in total. The molecule has 4 heterocycles. The summed E-state index contributed by atoms with van der Waals surface area (Å²) in [5, 5.41) is 9.41. The van der Waals surface area contributed by atoms with Crippen LogP contribution in [0.5, 0.6) is 0 Å². The van der Waals surface area contributed by atoms with Gasteiger partial charge in [-0.15, -0.1) is 0 Å². The van der Waals surface area contributed by atoms with Crippen molar-refractivity contribution in [2.24, 2.45) is 5.92 Å². The molecule has 2 aliphatic rings. The summed E-state index contributed by atoms with van der Waals surface area (Å²) in [5.74, 6) is 1.65. The third kappa shape index (κ3) is 2.90. The molecular weight excluding hydrogens is 356 g/mol. The number of amides is 1. The van der Waals surface area contributed by atoms with Crippen LogP contribution in [0.15, 0.2) is 36.7 Å². The number of aliphatic hydroxyl groups is 1. The molecule has 28 heavy (non-hydrogen) atoms. The van der Waals surface area contributed by atoms with Crippen molar-refractivity contribution in [1.29, 1.82) is 0 Å². The highest BCUT2D eigenvalue weighted by molar-refractivity contribution is 5.94. The van der Waals surface area contributed by atoms with Gasteiger partial charge in [0.15, 0.2) is 11.6 Å². The largest absolute Gasteiger partial charge is 0.396 e. The van der Waals surface area contributed by atoms with Crippen LogP contribution in [0.4, 0.5) is 5.82 Å². The van der Waals surface area contributed by atoms with Crippen LogP contribution < -0.4 is 4.90 Å². The van der Waals surface area contributed by atoms with E-state index < -0.39 is 0 Å². The number of nitrogens with one attached hydrogen (secondary N) is 1. The van der Waals surface area contributed by atoms with Gasteiger partial charge < -0.3 is 19.9 Å². The van der Waals surface area contributed by atoms with E-state index in [1.54, 1.807) is 17.3 Å². The number of hydrogen-bond acceptors (Lipinski definition) is 6. The Morgan fingerprint density at radius 2 is 2.00 bits per heavy atom. The minimum atomic E-state index is -0.0839. The van der Waals surface area contributed by atoms with Crippen molar-refractivity contribution < 1.29 is 9.90 Å². The minimum absolute atomic E-state index is 0.0839. The second-order valence-corrected chi connectivity index (χ2v) is 7.56. The van der Waals surface area contributed by atoms with Crippen molar-refractivity contribution >= 4 is 22.8 Å². The Bertz CT molecular complexity index is 980. The van der Waals surface area contributed by atoms with Gasteiger partial charge in [0, 0.05) is 57.0 Å². The molecule has 2 fully saturated rings. The molecule has 3 aromatic rings. The number of hydrogen-bond donors (Lipinski definition) is 2. The summed E-state index contributed by atoms with van der Waals surface area (Å²) in [4.78, 5) is 33.4. The van der Waals surface area contributed by atoms with Crippen molar-refractivity contribution in [3.8, 4) is 0 Å². The number of aliphatic hydroxyl groups excluding tert-OH is 1. The lowest BCUT2D eigenvalue weighted by molar-refractivity contribution is 0.0587. The summed E-state index contributed by atoms with van der Waals surface area (Å²) in [6.07, 6.45) is 4.39. The second kappa shape index (κ2) is 6.87. The Morgan fingerprint density at radius 1 is 1.18 bits per heavy atom. The molecule has 5 rings (SSSR count). The molecule has 0 bridgehead atoms. The molecule has 0 radical (unpaired) electrons. The third-order valence-electron chi connectivity index (χ3n) is 5.70. The first kappa shape index (κ1) is 17.1. The number of para-hydroxylation sites is 2. The molecule has 2 aromatic heterocycles. The van der Waals surface area contributed by atoms with Crippen molar-refractivity contribution in [2.75, 3.05) is 37.7 Å². The maximum absolute atomic E-state index is 12.8. The number of aromatic nitrogens is 4. The maximum atomic E-state index is 12.8. The highest BCUT2D eigenvalue weighted by Gasteiger charge is 2.37. The highest BCUT2D eigenvalue weighted by Crippen LogP contribution is 2.33. The van der Waals surface area contributed by atoms with Crippen molar-refractivity contribution in [1.82, 2.24) is 24.8 Å². The lowest BCUT2D eigenvalue weighted by atomic mass is 9.95. The van der Waals surface area contributed by atoms with Gasteiger partial charge in [0.2, 0.25) is 0 Å². The van der Waals surface area contributed by atoms with Gasteiger partial charge >= 0.3 is 0 Å². The normalized spacial score (nSPS) is 20.0. The fourth-order valence-corrected chi connectivity index (χ4v) is 4.07. The van der Waals surface area contributed by atoms with Gasteiger partial charge in [-0.05, 0) is 18.6 Å². The zero-order chi connectivity index (χ0) is 19.1. The van der Waals surface area contributed by atoms with E-state index in [0.29, 0.717) is 24.8 Å². The number of carbonyl (C=O) groups is 1. The molecule has 0 unspecified atom stereocenters. The molecule has 2 aliphatic heterocycles. The van der Waals surface area contributed by atoms with Crippen molar-refractivity contribution in [2.45, 2.75) is 12.3 Å². The molecule has 0 aliphatic carbocycles. The van der Waals surface area contributed by atoms with Gasteiger partial charge in [0.1, 0.15) is 0 Å². The summed E-state index contributed by atoms with van der Waals surface area (Å²) < 4.78 is 0. The number of H-pyrrole nitrogens is 1. The van der Waals surface area contributed by atoms with Gasteiger partial charge in [0.05, 0.1) is 16.7 Å². The summed E-state index contributed by atoms with van der Waals surface area (Å²) in [6, 6.07) is 7.64. The third-order valence-corrected chi connectivity index (χ3v) is 5.70. The predicted octanol–water partition coefficient (Wildman–Crippen LogP) is 1.41. The van der Waals surface area contributed by atoms with Crippen molar-refractivity contribution in [3.63, 3.8) is 0 Å². The monoisotopic (exact) mass is 378 g/mol. The quantitative estimate of drug-likeness (QED) is 0.712. The van der Waals surface area contributed by atoms with Crippen LogP contribution in [0.25, 0.3) is 11.0 Å². The number of imidazole rings is 1. The van der Waals surface area contributed by atoms with Crippen LogP contribution in [0.3, 0.4) is 0 Å². The Kier molecular flexibility index (Phi) is 4.20. The summed E-state index contributed by atoms with van der Waals surface area (Å²) in [7, 11) is 0. The first-order valence-electron chi connectivity index (χ1n) is 9.63. The lowest BCUT2D eigenvalue weighted by Gasteiger charge is -2.39. The number of likely N-dealkylation sites (tertiary alicyclic amines) is 1. The average molecular weight is 378 g/mol. The van der Waals surface area contributed by atoms with E-state index in [9.17, 15) is 9.90 Å². The molecule has 0 spiro atoms. The Hall–Kier alpha value is -3.00. The zero-order valence-corrected chi connectivity index (χ0v) is 15.5. The fraction of sp³-hybridized carbons (Fsp3) is 0.400. The average Bonchev–Trinajstić information content (AvgIpc) is 3.34. The molecule has 144 valence electrons. The fourth-order valence-electron chi connectivity index (χ4n) is 4.07. The van der Waals surface area contributed by atoms with Gasteiger partial charge in [-0.2, -0.15) is 0 Å². The second-order valence-electron chi connectivity index (χ2n) is 7.56. The Balaban J connectivity index is 1.30. The lowest BCUT2D eigenvalue weighted by Crippen LogP contribution is -2.49. The highest BCUT2D eigenvalue weighted by atomic mass is 16.3. The van der Waals surface area contributed by atoms with Crippen LogP contribution in [-0.2, 0) is 0 Å². The maximum Gasteiger partial charge on any atom is 0.289 e. The van der Waals surface area contributed by atoms with E-state index >= 15 is 0 Å².